The Morgan fingerprint density at radius 3 is 2.53 bits per heavy atom. The number of hydrogen-bond donors (Lipinski definition) is 1. The average molecular weight is 233 g/mol. The van der Waals surface area contributed by atoms with E-state index in [2.05, 4.69) is 24.3 Å². The first-order valence-electron chi connectivity index (χ1n) is 6.67. The van der Waals surface area contributed by atoms with Crippen LogP contribution in [0.2, 0.25) is 0 Å². The van der Waals surface area contributed by atoms with Crippen LogP contribution in [-0.2, 0) is 0 Å². The number of benzene rings is 1. The summed E-state index contributed by atoms with van der Waals surface area (Å²) in [5, 5.41) is 0. The molecule has 0 radical (unpaired) electrons. The molecule has 2 atom stereocenters. The maximum absolute atomic E-state index is 5.78. The molecule has 2 nitrogen and oxygen atoms in total. The fraction of sp³-hybridized carbons (Fsp3) is 0.600. The van der Waals surface area contributed by atoms with Gasteiger partial charge < -0.3 is 10.5 Å². The SMILES string of the molecule is COc1ccc([C@@H]2CCC[C@H](CN)CC2)cc1. The van der Waals surface area contributed by atoms with Gasteiger partial charge in [-0.15, -0.1) is 0 Å². The van der Waals surface area contributed by atoms with Crippen LogP contribution in [0.5, 0.6) is 5.75 Å². The zero-order chi connectivity index (χ0) is 12.1. The Morgan fingerprint density at radius 1 is 1.12 bits per heavy atom. The molecule has 2 N–H and O–H groups in total. The predicted molar refractivity (Wildman–Crippen MR) is 71.4 cm³/mol. The van der Waals surface area contributed by atoms with Crippen LogP contribution in [0.25, 0.3) is 0 Å². The van der Waals surface area contributed by atoms with E-state index in [9.17, 15) is 0 Å². The predicted octanol–water partition coefficient (Wildman–Crippen LogP) is 3.32. The van der Waals surface area contributed by atoms with Crippen molar-refractivity contribution >= 4 is 0 Å². The Hall–Kier alpha value is -1.02. The average Bonchev–Trinajstić information content (AvgIpc) is 2.64. The fourth-order valence-corrected chi connectivity index (χ4v) is 2.82. The van der Waals surface area contributed by atoms with Crippen molar-refractivity contribution in [3.05, 3.63) is 29.8 Å². The number of hydrogen-bond acceptors (Lipinski definition) is 2. The molecule has 1 aliphatic rings. The number of ether oxygens (including phenoxy) is 1. The van der Waals surface area contributed by atoms with Gasteiger partial charge in [0.2, 0.25) is 0 Å². The topological polar surface area (TPSA) is 35.2 Å². The smallest absolute Gasteiger partial charge is 0.118 e. The number of methoxy groups -OCH3 is 1. The molecule has 1 saturated carbocycles. The molecule has 0 aliphatic heterocycles. The highest BCUT2D eigenvalue weighted by atomic mass is 16.5. The lowest BCUT2D eigenvalue weighted by Crippen LogP contribution is -2.13. The van der Waals surface area contributed by atoms with Gasteiger partial charge in [0, 0.05) is 0 Å². The molecule has 1 aromatic rings. The van der Waals surface area contributed by atoms with Crippen LogP contribution in [0.4, 0.5) is 0 Å². The summed E-state index contributed by atoms with van der Waals surface area (Å²) in [6.45, 7) is 0.856. The fourth-order valence-electron chi connectivity index (χ4n) is 2.82. The van der Waals surface area contributed by atoms with Crippen LogP contribution in [0.1, 0.15) is 43.6 Å². The molecule has 0 bridgehead atoms. The molecule has 1 aliphatic carbocycles. The minimum atomic E-state index is 0.720. The minimum absolute atomic E-state index is 0.720. The van der Waals surface area contributed by atoms with Crippen LogP contribution in [0.15, 0.2) is 24.3 Å². The molecule has 0 heterocycles. The van der Waals surface area contributed by atoms with Crippen molar-refractivity contribution in [2.45, 2.75) is 38.0 Å². The van der Waals surface area contributed by atoms with Crippen molar-refractivity contribution in [1.82, 2.24) is 0 Å². The van der Waals surface area contributed by atoms with Gasteiger partial charge in [0.15, 0.2) is 0 Å². The Labute approximate surface area is 104 Å². The molecule has 0 spiro atoms. The minimum Gasteiger partial charge on any atom is -0.497 e. The third-order valence-corrected chi connectivity index (χ3v) is 4.01. The van der Waals surface area contributed by atoms with E-state index in [-0.39, 0.29) is 0 Å². The molecule has 17 heavy (non-hydrogen) atoms. The van der Waals surface area contributed by atoms with Crippen LogP contribution in [-0.4, -0.2) is 13.7 Å². The standard InChI is InChI=1S/C15H23NO/c1-17-15-9-7-14(8-10-15)13-4-2-3-12(11-16)5-6-13/h7-10,12-13H,2-6,11,16H2,1H3/t12-,13+/m0/s1. The van der Waals surface area contributed by atoms with Gasteiger partial charge >= 0.3 is 0 Å². The second kappa shape index (κ2) is 6.06. The van der Waals surface area contributed by atoms with Gasteiger partial charge in [-0.1, -0.05) is 18.6 Å². The first kappa shape index (κ1) is 12.4. The molecule has 0 aromatic heterocycles. The molecule has 2 heteroatoms. The maximum atomic E-state index is 5.78. The molecule has 0 unspecified atom stereocenters. The van der Waals surface area contributed by atoms with Gasteiger partial charge in [0.1, 0.15) is 5.75 Å². The second-order valence-corrected chi connectivity index (χ2v) is 5.08. The third kappa shape index (κ3) is 3.22. The molecule has 1 aromatic carbocycles. The van der Waals surface area contributed by atoms with E-state index in [0.717, 1.165) is 24.1 Å². The summed E-state index contributed by atoms with van der Waals surface area (Å²) < 4.78 is 5.20. The van der Waals surface area contributed by atoms with Crippen LogP contribution < -0.4 is 10.5 Å². The van der Waals surface area contributed by atoms with E-state index in [0.29, 0.717) is 0 Å². The van der Waals surface area contributed by atoms with Gasteiger partial charge in [-0.2, -0.15) is 0 Å². The summed E-state index contributed by atoms with van der Waals surface area (Å²) in [5.41, 5.74) is 7.24. The van der Waals surface area contributed by atoms with Crippen molar-refractivity contribution < 1.29 is 4.74 Å². The van der Waals surface area contributed by atoms with Gasteiger partial charge in [-0.3, -0.25) is 0 Å². The lowest BCUT2D eigenvalue weighted by Gasteiger charge is -2.15. The highest BCUT2D eigenvalue weighted by Gasteiger charge is 2.19. The molecule has 94 valence electrons. The zero-order valence-electron chi connectivity index (χ0n) is 10.7. The summed E-state index contributed by atoms with van der Waals surface area (Å²) in [7, 11) is 1.71. The van der Waals surface area contributed by atoms with Gasteiger partial charge in [0.25, 0.3) is 0 Å². The summed E-state index contributed by atoms with van der Waals surface area (Å²) >= 11 is 0. The highest BCUT2D eigenvalue weighted by molar-refractivity contribution is 5.29. The quantitative estimate of drug-likeness (QED) is 0.813. The van der Waals surface area contributed by atoms with E-state index in [1.807, 2.05) is 0 Å². The van der Waals surface area contributed by atoms with E-state index < -0.39 is 0 Å². The monoisotopic (exact) mass is 233 g/mol. The first-order chi connectivity index (χ1) is 8.33. The normalized spacial score (nSPS) is 25.3. The van der Waals surface area contributed by atoms with Gasteiger partial charge in [-0.25, -0.2) is 0 Å². The molecule has 0 amide bonds. The summed E-state index contributed by atoms with van der Waals surface area (Å²) in [4.78, 5) is 0. The largest absolute Gasteiger partial charge is 0.497 e. The van der Waals surface area contributed by atoms with Crippen molar-refractivity contribution in [2.75, 3.05) is 13.7 Å². The lowest BCUT2D eigenvalue weighted by atomic mass is 9.91. The van der Waals surface area contributed by atoms with Gasteiger partial charge in [-0.05, 0) is 61.8 Å². The molecular formula is C15H23NO. The lowest BCUT2D eigenvalue weighted by molar-refractivity contribution is 0.414. The van der Waals surface area contributed by atoms with Crippen LogP contribution in [0, 0.1) is 5.92 Å². The van der Waals surface area contributed by atoms with E-state index in [1.165, 1.54) is 37.7 Å². The van der Waals surface area contributed by atoms with Gasteiger partial charge in [0.05, 0.1) is 7.11 Å². The summed E-state index contributed by atoms with van der Waals surface area (Å²) in [6.07, 6.45) is 6.51. The maximum Gasteiger partial charge on any atom is 0.118 e. The van der Waals surface area contributed by atoms with Crippen molar-refractivity contribution in [1.29, 1.82) is 0 Å². The van der Waals surface area contributed by atoms with Crippen molar-refractivity contribution in [3.63, 3.8) is 0 Å². The summed E-state index contributed by atoms with van der Waals surface area (Å²) in [5.74, 6) is 2.41. The highest BCUT2D eigenvalue weighted by Crippen LogP contribution is 2.34. The van der Waals surface area contributed by atoms with E-state index in [4.69, 9.17) is 10.5 Å². The number of rotatable bonds is 3. The second-order valence-electron chi connectivity index (χ2n) is 5.08. The van der Waals surface area contributed by atoms with E-state index in [1.54, 1.807) is 7.11 Å². The molecule has 1 fully saturated rings. The summed E-state index contributed by atoms with van der Waals surface area (Å²) in [6, 6.07) is 8.57. The Kier molecular flexibility index (Phi) is 4.43. The molecular weight excluding hydrogens is 210 g/mol. The Morgan fingerprint density at radius 2 is 1.88 bits per heavy atom. The Bertz CT molecular complexity index is 333. The molecule has 0 saturated heterocycles. The van der Waals surface area contributed by atoms with Crippen LogP contribution in [0.3, 0.4) is 0 Å². The van der Waals surface area contributed by atoms with E-state index >= 15 is 0 Å². The molecule has 2 rings (SSSR count). The van der Waals surface area contributed by atoms with Crippen LogP contribution >= 0.6 is 0 Å². The third-order valence-electron chi connectivity index (χ3n) is 4.01. The first-order valence-corrected chi connectivity index (χ1v) is 6.67. The zero-order valence-corrected chi connectivity index (χ0v) is 10.7. The van der Waals surface area contributed by atoms with Crippen molar-refractivity contribution in [3.8, 4) is 5.75 Å². The van der Waals surface area contributed by atoms with Crippen molar-refractivity contribution in [2.24, 2.45) is 11.7 Å². The Balaban J connectivity index is 2.01. The number of nitrogens with two attached hydrogens (primary N) is 1.